The zero-order chi connectivity index (χ0) is 17.6. The van der Waals surface area contributed by atoms with Gasteiger partial charge in [0.15, 0.2) is 0 Å². The molecule has 11 heteroatoms. The molecular weight excluding hydrogens is 363 g/mol. The predicted molar refractivity (Wildman–Crippen MR) is 87.3 cm³/mol. The molecule has 25 heavy (non-hydrogen) atoms. The van der Waals surface area contributed by atoms with Crippen LogP contribution in [0.1, 0.15) is 18.5 Å². The third kappa shape index (κ3) is 5.68. The van der Waals surface area contributed by atoms with Crippen molar-refractivity contribution in [3.8, 4) is 0 Å². The summed E-state index contributed by atoms with van der Waals surface area (Å²) in [4.78, 5) is 19.4. The first kappa shape index (κ1) is 21.4. The summed E-state index contributed by atoms with van der Waals surface area (Å²) in [5, 5.41) is 5.40. The molecule has 7 nitrogen and oxygen atoms in total. The smallest absolute Gasteiger partial charge is 0.381 e. The summed E-state index contributed by atoms with van der Waals surface area (Å²) in [7, 11) is 0. The molecule has 4 N–H and O–H groups in total. The lowest BCUT2D eigenvalue weighted by Crippen LogP contribution is -2.50. The van der Waals surface area contributed by atoms with Crippen LogP contribution in [0, 0.1) is 5.41 Å². The molecule has 0 aromatic carbocycles. The monoisotopic (exact) mass is 383 g/mol. The summed E-state index contributed by atoms with van der Waals surface area (Å²) in [6.07, 6.45) is -2.38. The SMILES string of the molecule is Cl.NCC1(C(=O)NCCNc2nccc(C(F)(F)F)n2)CCOCC1. The molecule has 0 unspecified atom stereocenters. The number of carbonyl (C=O) groups excluding carboxylic acids is 1. The minimum absolute atomic E-state index is 0. The Bertz CT molecular complexity index is 568. The number of ether oxygens (including phenoxy) is 1. The Morgan fingerprint density at radius 3 is 2.60 bits per heavy atom. The van der Waals surface area contributed by atoms with Gasteiger partial charge in [-0.1, -0.05) is 0 Å². The fourth-order valence-corrected chi connectivity index (χ4v) is 2.43. The number of halogens is 4. The molecule has 2 rings (SSSR count). The molecule has 0 saturated carbocycles. The van der Waals surface area contributed by atoms with Crippen molar-refractivity contribution in [2.24, 2.45) is 11.1 Å². The Kier molecular flexibility index (Phi) is 7.84. The predicted octanol–water partition coefficient (Wildman–Crippen LogP) is 1.20. The van der Waals surface area contributed by atoms with Crippen LogP contribution >= 0.6 is 12.4 Å². The van der Waals surface area contributed by atoms with E-state index in [1.54, 1.807) is 0 Å². The van der Waals surface area contributed by atoms with Gasteiger partial charge in [0.2, 0.25) is 11.9 Å². The molecule has 0 atom stereocenters. The molecule has 142 valence electrons. The number of aromatic nitrogens is 2. The number of rotatable bonds is 6. The molecular formula is C14H21ClF3N5O2. The summed E-state index contributed by atoms with van der Waals surface area (Å²) in [5.41, 5.74) is 4.08. The standard InChI is InChI=1S/C14H20F3N5O2.ClH/c15-14(16,17)10-1-4-20-12(22-10)21-6-5-19-11(23)13(9-18)2-7-24-8-3-13;/h1,4H,2-3,5-9,18H2,(H,19,23)(H,20,21,22);1H. The van der Waals surface area contributed by atoms with Crippen molar-refractivity contribution in [2.45, 2.75) is 19.0 Å². The number of nitrogens with two attached hydrogens (primary N) is 1. The minimum atomic E-state index is -4.52. The van der Waals surface area contributed by atoms with E-state index in [2.05, 4.69) is 20.6 Å². The van der Waals surface area contributed by atoms with Gasteiger partial charge in [-0.15, -0.1) is 12.4 Å². The molecule has 1 aromatic rings. The Hall–Kier alpha value is -1.65. The first-order valence-electron chi connectivity index (χ1n) is 7.58. The summed E-state index contributed by atoms with van der Waals surface area (Å²) in [6.45, 7) is 1.62. The van der Waals surface area contributed by atoms with E-state index in [4.69, 9.17) is 10.5 Å². The first-order valence-corrected chi connectivity index (χ1v) is 7.58. The van der Waals surface area contributed by atoms with E-state index >= 15 is 0 Å². The molecule has 1 fully saturated rings. The van der Waals surface area contributed by atoms with Crippen molar-refractivity contribution in [2.75, 3.05) is 38.2 Å². The third-order valence-electron chi connectivity index (χ3n) is 3.96. The van der Waals surface area contributed by atoms with E-state index in [0.717, 1.165) is 12.3 Å². The first-order chi connectivity index (χ1) is 11.4. The molecule has 1 aromatic heterocycles. The average molecular weight is 384 g/mol. The van der Waals surface area contributed by atoms with Crippen molar-refractivity contribution in [3.63, 3.8) is 0 Å². The van der Waals surface area contributed by atoms with E-state index in [1.165, 1.54) is 0 Å². The van der Waals surface area contributed by atoms with Gasteiger partial charge >= 0.3 is 6.18 Å². The maximum absolute atomic E-state index is 12.6. The van der Waals surface area contributed by atoms with Crippen LogP contribution in [-0.4, -0.2) is 48.7 Å². The second-order valence-corrected chi connectivity index (χ2v) is 5.54. The van der Waals surface area contributed by atoms with Crippen LogP contribution in [0.25, 0.3) is 0 Å². The van der Waals surface area contributed by atoms with Gasteiger partial charge in [0.1, 0.15) is 5.69 Å². The Balaban J connectivity index is 0.00000312. The molecule has 0 bridgehead atoms. The van der Waals surface area contributed by atoms with Crippen LogP contribution in [0.4, 0.5) is 19.1 Å². The highest BCUT2D eigenvalue weighted by Gasteiger charge is 2.38. The number of amides is 1. The largest absolute Gasteiger partial charge is 0.433 e. The Labute approximate surface area is 149 Å². The van der Waals surface area contributed by atoms with E-state index in [9.17, 15) is 18.0 Å². The molecule has 0 spiro atoms. The fraction of sp³-hybridized carbons (Fsp3) is 0.643. The van der Waals surface area contributed by atoms with E-state index in [0.29, 0.717) is 26.1 Å². The van der Waals surface area contributed by atoms with Crippen molar-refractivity contribution in [1.82, 2.24) is 15.3 Å². The molecule has 1 amide bonds. The molecule has 1 aliphatic rings. The normalized spacial score (nSPS) is 16.6. The van der Waals surface area contributed by atoms with E-state index in [1.807, 2.05) is 0 Å². The highest BCUT2D eigenvalue weighted by molar-refractivity contribution is 5.85. The van der Waals surface area contributed by atoms with Crippen LogP contribution in [0.5, 0.6) is 0 Å². The number of nitrogens with one attached hydrogen (secondary N) is 2. The highest BCUT2D eigenvalue weighted by atomic mass is 35.5. The topological polar surface area (TPSA) is 102 Å². The second-order valence-electron chi connectivity index (χ2n) is 5.54. The molecule has 1 saturated heterocycles. The number of nitrogens with zero attached hydrogens (tertiary/aromatic N) is 2. The van der Waals surface area contributed by atoms with Crippen LogP contribution in [0.3, 0.4) is 0 Å². The number of anilines is 1. The summed E-state index contributed by atoms with van der Waals surface area (Å²) in [5.74, 6) is -0.307. The van der Waals surface area contributed by atoms with Gasteiger partial charge in [-0.3, -0.25) is 4.79 Å². The van der Waals surface area contributed by atoms with E-state index < -0.39 is 17.3 Å². The Morgan fingerprint density at radius 2 is 2.00 bits per heavy atom. The lowest BCUT2D eigenvalue weighted by molar-refractivity contribution is -0.141. The van der Waals surface area contributed by atoms with Gasteiger partial charge in [-0.25, -0.2) is 9.97 Å². The number of carbonyl (C=O) groups is 1. The van der Waals surface area contributed by atoms with Gasteiger partial charge in [0.05, 0.1) is 5.41 Å². The van der Waals surface area contributed by atoms with Gasteiger partial charge in [-0.2, -0.15) is 13.2 Å². The van der Waals surface area contributed by atoms with E-state index in [-0.39, 0.29) is 43.9 Å². The number of hydrogen-bond donors (Lipinski definition) is 3. The maximum Gasteiger partial charge on any atom is 0.433 e. The summed E-state index contributed by atoms with van der Waals surface area (Å²) < 4.78 is 42.9. The molecule has 1 aliphatic heterocycles. The summed E-state index contributed by atoms with van der Waals surface area (Å²) in [6, 6.07) is 0.795. The van der Waals surface area contributed by atoms with Crippen molar-refractivity contribution < 1.29 is 22.7 Å². The van der Waals surface area contributed by atoms with Gasteiger partial charge in [0.25, 0.3) is 0 Å². The second kappa shape index (κ2) is 9.16. The van der Waals surface area contributed by atoms with Gasteiger partial charge in [0, 0.05) is 39.0 Å². The fourth-order valence-electron chi connectivity index (χ4n) is 2.43. The lowest BCUT2D eigenvalue weighted by atomic mass is 9.79. The van der Waals surface area contributed by atoms with Crippen LogP contribution in [0.15, 0.2) is 12.3 Å². The van der Waals surface area contributed by atoms with Crippen molar-refractivity contribution >= 4 is 24.3 Å². The minimum Gasteiger partial charge on any atom is -0.381 e. The highest BCUT2D eigenvalue weighted by Crippen LogP contribution is 2.29. The quantitative estimate of drug-likeness (QED) is 0.638. The third-order valence-corrected chi connectivity index (χ3v) is 3.96. The van der Waals surface area contributed by atoms with Crippen molar-refractivity contribution in [1.29, 1.82) is 0 Å². The number of alkyl halides is 3. The van der Waals surface area contributed by atoms with Crippen LogP contribution < -0.4 is 16.4 Å². The maximum atomic E-state index is 12.6. The molecule has 0 radical (unpaired) electrons. The lowest BCUT2D eigenvalue weighted by Gasteiger charge is -2.34. The zero-order valence-corrected chi connectivity index (χ0v) is 14.3. The average Bonchev–Trinajstić information content (AvgIpc) is 2.58. The van der Waals surface area contributed by atoms with Crippen LogP contribution in [0.2, 0.25) is 0 Å². The van der Waals surface area contributed by atoms with Gasteiger partial charge < -0.3 is 21.1 Å². The van der Waals surface area contributed by atoms with Crippen LogP contribution in [-0.2, 0) is 15.7 Å². The molecule has 2 heterocycles. The number of hydrogen-bond acceptors (Lipinski definition) is 6. The Morgan fingerprint density at radius 1 is 1.32 bits per heavy atom. The summed E-state index contributed by atoms with van der Waals surface area (Å²) >= 11 is 0. The van der Waals surface area contributed by atoms with Gasteiger partial charge in [-0.05, 0) is 18.9 Å². The molecule has 0 aliphatic carbocycles. The zero-order valence-electron chi connectivity index (χ0n) is 13.4. The van der Waals surface area contributed by atoms with Crippen molar-refractivity contribution in [3.05, 3.63) is 18.0 Å².